The number of carbonyl (C=O) groups is 2. The summed E-state index contributed by atoms with van der Waals surface area (Å²) in [5.74, 6) is 1.04. The Kier molecular flexibility index (Phi) is 11.1. The maximum atomic E-state index is 15.7. The fraction of sp³-hybridized carbons (Fsp3) is 0.359. The van der Waals surface area contributed by atoms with E-state index >= 15 is 4.39 Å². The largest absolute Gasteiger partial charge is 0.481 e. The van der Waals surface area contributed by atoms with Crippen molar-refractivity contribution in [1.82, 2.24) is 20.6 Å². The smallest absolute Gasteiger partial charge is 0.220 e. The summed E-state index contributed by atoms with van der Waals surface area (Å²) in [5, 5.41) is 16.9. The Hall–Kier alpha value is -4.85. The van der Waals surface area contributed by atoms with E-state index in [2.05, 4.69) is 16.7 Å². The topological polar surface area (TPSA) is 126 Å². The van der Waals surface area contributed by atoms with Gasteiger partial charge in [0, 0.05) is 65.2 Å². The van der Waals surface area contributed by atoms with Gasteiger partial charge in [0.05, 0.1) is 36.2 Å². The van der Waals surface area contributed by atoms with Crippen LogP contribution in [-0.4, -0.2) is 48.5 Å². The van der Waals surface area contributed by atoms with Gasteiger partial charge in [-0.15, -0.1) is 0 Å². The van der Waals surface area contributed by atoms with E-state index < -0.39 is 5.82 Å². The predicted octanol–water partition coefficient (Wildman–Crippen LogP) is 7.22. The first-order valence-corrected chi connectivity index (χ1v) is 17.3. The van der Waals surface area contributed by atoms with E-state index in [9.17, 15) is 14.9 Å². The number of methoxy groups -OCH3 is 2. The van der Waals surface area contributed by atoms with Gasteiger partial charge in [0.25, 0.3) is 0 Å². The first kappa shape index (κ1) is 35.0. The molecule has 0 radical (unpaired) electrons. The Morgan fingerprint density at radius 1 is 0.940 bits per heavy atom. The van der Waals surface area contributed by atoms with Crippen LogP contribution in [-0.2, 0) is 22.6 Å². The maximum absolute atomic E-state index is 15.7. The van der Waals surface area contributed by atoms with Crippen LogP contribution in [0.15, 0.2) is 54.6 Å². The van der Waals surface area contributed by atoms with Crippen molar-refractivity contribution >= 4 is 23.3 Å². The monoisotopic (exact) mass is 695 g/mol. The number of pyridine rings is 2. The summed E-state index contributed by atoms with van der Waals surface area (Å²) in [4.78, 5) is 32.6. The number of nitrogens with one attached hydrogen (secondary N) is 2. The van der Waals surface area contributed by atoms with E-state index in [1.54, 1.807) is 38.5 Å². The average Bonchev–Trinajstić information content (AvgIpc) is 3.75. The molecule has 2 aromatic heterocycles. The van der Waals surface area contributed by atoms with E-state index in [1.807, 2.05) is 24.3 Å². The van der Waals surface area contributed by atoms with Crippen LogP contribution < -0.4 is 20.1 Å². The molecule has 0 bridgehead atoms. The Morgan fingerprint density at radius 3 is 2.34 bits per heavy atom. The van der Waals surface area contributed by atoms with Crippen molar-refractivity contribution in [3.05, 3.63) is 82.1 Å². The molecule has 258 valence electrons. The van der Waals surface area contributed by atoms with Gasteiger partial charge in [-0.2, -0.15) is 5.26 Å². The number of Topliss-reactive ketones (excluding diaryl/α,β-unsaturated/α-hetero) is 1. The number of aryl methyl sites for hydroxylation is 1. The molecule has 4 aromatic rings. The molecule has 2 atom stereocenters. The van der Waals surface area contributed by atoms with Crippen molar-refractivity contribution in [2.45, 2.75) is 64.0 Å². The Balaban J connectivity index is 1.26. The van der Waals surface area contributed by atoms with Crippen molar-refractivity contribution < 1.29 is 23.5 Å². The minimum atomic E-state index is -0.579. The van der Waals surface area contributed by atoms with Crippen LogP contribution in [0, 0.1) is 23.1 Å². The summed E-state index contributed by atoms with van der Waals surface area (Å²) in [7, 11) is 3.10. The van der Waals surface area contributed by atoms with Crippen molar-refractivity contribution in [3.63, 3.8) is 0 Å². The maximum Gasteiger partial charge on any atom is 0.220 e. The lowest BCUT2D eigenvalue weighted by Gasteiger charge is -2.16. The van der Waals surface area contributed by atoms with Gasteiger partial charge in [-0.3, -0.25) is 9.59 Å². The van der Waals surface area contributed by atoms with E-state index in [0.29, 0.717) is 77.3 Å². The third-order valence-corrected chi connectivity index (χ3v) is 9.93. The molecule has 2 N–H and O–H groups in total. The number of rotatable bonds is 13. The molecular formula is C39H39ClFN5O4. The van der Waals surface area contributed by atoms with Crippen LogP contribution >= 0.6 is 11.6 Å². The van der Waals surface area contributed by atoms with Crippen LogP contribution in [0.5, 0.6) is 11.8 Å². The molecule has 0 unspecified atom stereocenters. The lowest BCUT2D eigenvalue weighted by Crippen LogP contribution is -2.25. The van der Waals surface area contributed by atoms with Crippen molar-refractivity contribution in [3.8, 4) is 51.5 Å². The molecule has 2 aromatic carbocycles. The molecule has 11 heteroatoms. The number of aromatic nitrogens is 2. The zero-order valence-corrected chi connectivity index (χ0v) is 28.9. The highest BCUT2D eigenvalue weighted by Gasteiger charge is 2.24. The highest BCUT2D eigenvalue weighted by atomic mass is 35.5. The van der Waals surface area contributed by atoms with Gasteiger partial charge in [0.15, 0.2) is 0 Å². The summed E-state index contributed by atoms with van der Waals surface area (Å²) >= 11 is 6.96. The SMILES string of the molecule is COc1nc(-c2ccc(F)c(-c3cccc(-c4ccc(CCC[C@@H]5CCC(=O)N5)c(OC)n4)c3C#N)c2Cl)ccc1CNC[C@@H]1CCC(=O)C1. The first-order chi connectivity index (χ1) is 24.3. The van der Waals surface area contributed by atoms with Crippen molar-refractivity contribution in [2.24, 2.45) is 5.92 Å². The minimum Gasteiger partial charge on any atom is -0.481 e. The van der Waals surface area contributed by atoms with Gasteiger partial charge in [-0.05, 0) is 68.8 Å². The second-order valence-electron chi connectivity index (χ2n) is 12.8. The molecule has 9 nitrogen and oxygen atoms in total. The molecule has 6 rings (SSSR count). The van der Waals surface area contributed by atoms with Gasteiger partial charge >= 0.3 is 0 Å². The summed E-state index contributed by atoms with van der Waals surface area (Å²) in [6.45, 7) is 1.25. The molecule has 3 heterocycles. The van der Waals surface area contributed by atoms with E-state index in [-0.39, 0.29) is 28.1 Å². The molecular weight excluding hydrogens is 657 g/mol. The molecule has 0 spiro atoms. The van der Waals surface area contributed by atoms with E-state index in [4.69, 9.17) is 31.0 Å². The fourth-order valence-electron chi connectivity index (χ4n) is 6.92. The number of carbonyl (C=O) groups excluding carboxylic acids is 2. The Labute approximate surface area is 296 Å². The number of ketones is 1. The average molecular weight is 696 g/mol. The van der Waals surface area contributed by atoms with Crippen LogP contribution in [0.1, 0.15) is 61.6 Å². The number of hydrogen-bond acceptors (Lipinski definition) is 8. The zero-order valence-electron chi connectivity index (χ0n) is 28.2. The Bertz CT molecular complexity index is 1960. The third-order valence-electron chi connectivity index (χ3n) is 9.53. The fourth-order valence-corrected chi connectivity index (χ4v) is 7.27. The molecule has 2 fully saturated rings. The first-order valence-electron chi connectivity index (χ1n) is 16.9. The molecule has 1 aliphatic heterocycles. The molecule has 2 aliphatic rings. The van der Waals surface area contributed by atoms with Crippen LogP contribution in [0.3, 0.4) is 0 Å². The Morgan fingerprint density at radius 2 is 1.66 bits per heavy atom. The normalized spacial score (nSPS) is 17.1. The number of halogens is 2. The third kappa shape index (κ3) is 7.64. The zero-order chi connectivity index (χ0) is 35.2. The van der Waals surface area contributed by atoms with Gasteiger partial charge in [-0.1, -0.05) is 41.9 Å². The second-order valence-corrected chi connectivity index (χ2v) is 13.2. The van der Waals surface area contributed by atoms with Gasteiger partial charge < -0.3 is 20.1 Å². The van der Waals surface area contributed by atoms with Crippen LogP contribution in [0.2, 0.25) is 5.02 Å². The lowest BCUT2D eigenvalue weighted by molar-refractivity contribution is -0.119. The van der Waals surface area contributed by atoms with Crippen LogP contribution in [0.25, 0.3) is 33.6 Å². The number of ether oxygens (including phenoxy) is 2. The van der Waals surface area contributed by atoms with Crippen molar-refractivity contribution in [2.75, 3.05) is 20.8 Å². The van der Waals surface area contributed by atoms with Gasteiger partial charge in [0.2, 0.25) is 17.7 Å². The number of nitriles is 1. The molecule has 1 saturated carbocycles. The predicted molar refractivity (Wildman–Crippen MR) is 189 cm³/mol. The quantitative estimate of drug-likeness (QED) is 0.150. The van der Waals surface area contributed by atoms with E-state index in [1.165, 1.54) is 6.07 Å². The standard InChI is InChI=1S/C39H39ClFN5O4/c1-49-38-24(5-3-6-26-12-18-35(48)44-26)10-16-33(45-38)28-7-4-8-29(31(28)20-42)36-32(41)15-14-30(37(36)40)34-17-11-25(39(46-34)50-2)22-43-21-23-9-13-27(47)19-23/h4,7-8,10-11,14-17,23,26,43H,3,5-6,9,12-13,18-19,21-22H2,1-2H3,(H,44,48)/t23-,26-/m1/s1. The summed E-state index contributed by atoms with van der Waals surface area (Å²) in [6.07, 6.45) is 6.06. The minimum absolute atomic E-state index is 0.0859. The molecule has 1 amide bonds. The highest BCUT2D eigenvalue weighted by molar-refractivity contribution is 6.36. The number of benzene rings is 2. The summed E-state index contributed by atoms with van der Waals surface area (Å²) in [5.41, 5.74) is 4.41. The van der Waals surface area contributed by atoms with Gasteiger partial charge in [-0.25, -0.2) is 14.4 Å². The molecule has 1 aliphatic carbocycles. The molecule has 50 heavy (non-hydrogen) atoms. The lowest BCUT2D eigenvalue weighted by atomic mass is 9.92. The summed E-state index contributed by atoms with van der Waals surface area (Å²) in [6, 6.07) is 18.0. The highest BCUT2D eigenvalue weighted by Crippen LogP contribution is 2.42. The van der Waals surface area contributed by atoms with Crippen LogP contribution in [0.4, 0.5) is 4.39 Å². The summed E-state index contributed by atoms with van der Waals surface area (Å²) < 4.78 is 26.9. The number of amides is 1. The van der Waals surface area contributed by atoms with Gasteiger partial charge in [0.1, 0.15) is 17.7 Å². The van der Waals surface area contributed by atoms with Crippen molar-refractivity contribution in [1.29, 1.82) is 5.26 Å². The number of hydrogen-bond donors (Lipinski definition) is 2. The van der Waals surface area contributed by atoms with E-state index in [0.717, 1.165) is 49.8 Å². The number of nitrogens with zero attached hydrogens (tertiary/aromatic N) is 3. The second kappa shape index (κ2) is 15.8. The molecule has 1 saturated heterocycles.